The van der Waals surface area contributed by atoms with Crippen LogP contribution in [0.3, 0.4) is 0 Å². The number of rotatable bonds is 7. The Bertz CT molecular complexity index is 3010. The molecule has 15 rings (SSSR count). The van der Waals surface area contributed by atoms with Crippen LogP contribution < -0.4 is 9.80 Å². The number of thiophene rings is 1. The van der Waals surface area contributed by atoms with E-state index in [9.17, 15) is 0 Å². The monoisotopic (exact) mass is 820 g/mol. The summed E-state index contributed by atoms with van der Waals surface area (Å²) in [4.78, 5) is 5.37. The summed E-state index contributed by atoms with van der Waals surface area (Å²) < 4.78 is 2.70. The van der Waals surface area contributed by atoms with Gasteiger partial charge in [-0.3, -0.25) is 0 Å². The summed E-state index contributed by atoms with van der Waals surface area (Å²) in [6.45, 7) is 0. The van der Waals surface area contributed by atoms with Gasteiger partial charge in [-0.1, -0.05) is 103 Å². The van der Waals surface area contributed by atoms with Crippen LogP contribution in [0.15, 0.2) is 164 Å². The van der Waals surface area contributed by atoms with Gasteiger partial charge in [0.15, 0.2) is 0 Å². The maximum atomic E-state index is 2.75. The molecule has 7 aromatic carbocycles. The van der Waals surface area contributed by atoms with Gasteiger partial charge in [-0.05, 0) is 188 Å². The average molecular weight is 821 g/mol. The molecule has 304 valence electrons. The van der Waals surface area contributed by atoms with Crippen molar-refractivity contribution in [2.45, 2.75) is 75.0 Å². The Morgan fingerprint density at radius 3 is 1.63 bits per heavy atom. The predicted molar refractivity (Wildman–Crippen MR) is 259 cm³/mol. The molecule has 5 saturated carbocycles. The second kappa shape index (κ2) is 13.4. The first-order valence-electron chi connectivity index (χ1n) is 23.6. The first-order valence-corrected chi connectivity index (χ1v) is 24.4. The van der Waals surface area contributed by atoms with Crippen LogP contribution in [0, 0.1) is 29.6 Å². The van der Waals surface area contributed by atoms with Crippen LogP contribution in [0.4, 0.5) is 34.1 Å². The number of fused-ring (bicyclic) bond motifs is 5. The third kappa shape index (κ3) is 5.03. The first kappa shape index (κ1) is 35.9. The number of hydrogen-bond acceptors (Lipinski definition) is 3. The van der Waals surface area contributed by atoms with Gasteiger partial charge in [0.1, 0.15) is 0 Å². The molecule has 3 atom stereocenters. The van der Waals surface area contributed by atoms with Crippen molar-refractivity contribution >= 4 is 65.6 Å². The Morgan fingerprint density at radius 2 is 0.968 bits per heavy atom. The molecule has 0 aliphatic heterocycles. The van der Waals surface area contributed by atoms with Gasteiger partial charge >= 0.3 is 0 Å². The molecule has 62 heavy (non-hydrogen) atoms. The zero-order chi connectivity index (χ0) is 40.6. The highest BCUT2D eigenvalue weighted by Crippen LogP contribution is 2.69. The summed E-state index contributed by atoms with van der Waals surface area (Å²) in [5.74, 6) is 3.79. The van der Waals surface area contributed by atoms with E-state index >= 15 is 0 Å². The topological polar surface area (TPSA) is 6.48 Å². The summed E-state index contributed by atoms with van der Waals surface area (Å²) in [6.07, 6.45) is 13.3. The molecule has 0 amide bonds. The molecule has 5 fully saturated rings. The Morgan fingerprint density at radius 1 is 0.435 bits per heavy atom. The molecule has 3 heteroatoms. The van der Waals surface area contributed by atoms with Crippen molar-refractivity contribution < 1.29 is 0 Å². The molecule has 8 aromatic rings. The number of para-hydroxylation sites is 3. The maximum Gasteiger partial charge on any atom is 0.0505 e. The van der Waals surface area contributed by atoms with E-state index < -0.39 is 0 Å². The van der Waals surface area contributed by atoms with E-state index in [-0.39, 0.29) is 10.8 Å². The van der Waals surface area contributed by atoms with Gasteiger partial charge in [0.25, 0.3) is 0 Å². The molecule has 7 aliphatic carbocycles. The van der Waals surface area contributed by atoms with Crippen LogP contribution in [-0.2, 0) is 23.7 Å². The molecule has 0 saturated heterocycles. The minimum atomic E-state index is -0.0880. The smallest absolute Gasteiger partial charge is 0.0505 e. The Hall–Kier alpha value is -5.64. The summed E-state index contributed by atoms with van der Waals surface area (Å²) in [7, 11) is 0. The molecule has 1 aromatic heterocycles. The lowest BCUT2D eigenvalue weighted by molar-refractivity contribution is -0.00491. The summed E-state index contributed by atoms with van der Waals surface area (Å²) in [6, 6.07) is 63.2. The zero-order valence-corrected chi connectivity index (χ0v) is 36.2. The fraction of sp³-hybridized carbons (Fsp3) is 0.288. The van der Waals surface area contributed by atoms with E-state index in [1.54, 1.807) is 27.8 Å². The van der Waals surface area contributed by atoms with Crippen LogP contribution in [0.2, 0.25) is 0 Å². The normalized spacial score (nSPS) is 27.3. The molecule has 3 unspecified atom stereocenters. The van der Waals surface area contributed by atoms with Crippen molar-refractivity contribution in [3.05, 3.63) is 192 Å². The van der Waals surface area contributed by atoms with Gasteiger partial charge in [-0.15, -0.1) is 11.3 Å². The number of nitrogens with zero attached hydrogens (tertiary/aromatic N) is 2. The quantitative estimate of drug-likeness (QED) is 0.158. The van der Waals surface area contributed by atoms with Crippen LogP contribution in [-0.4, -0.2) is 0 Å². The Kier molecular flexibility index (Phi) is 7.78. The average Bonchev–Trinajstić information content (AvgIpc) is 4.04. The zero-order valence-electron chi connectivity index (χ0n) is 35.3. The summed E-state index contributed by atoms with van der Waals surface area (Å²) in [5, 5.41) is 2.70. The van der Waals surface area contributed by atoms with Crippen molar-refractivity contribution in [1.29, 1.82) is 0 Å². The van der Waals surface area contributed by atoms with Crippen LogP contribution in [0.5, 0.6) is 0 Å². The van der Waals surface area contributed by atoms with E-state index in [0.29, 0.717) is 11.8 Å². The predicted octanol–water partition coefficient (Wildman–Crippen LogP) is 15.9. The third-order valence-electron chi connectivity index (χ3n) is 17.1. The van der Waals surface area contributed by atoms with Crippen molar-refractivity contribution in [2.24, 2.45) is 29.6 Å². The lowest BCUT2D eigenvalue weighted by Crippen LogP contribution is -2.49. The van der Waals surface area contributed by atoms with Crippen molar-refractivity contribution in [3.63, 3.8) is 0 Å². The fourth-order valence-electron chi connectivity index (χ4n) is 15.4. The van der Waals surface area contributed by atoms with E-state index in [0.717, 1.165) is 30.6 Å². The van der Waals surface area contributed by atoms with Crippen LogP contribution in [0.25, 0.3) is 20.2 Å². The van der Waals surface area contributed by atoms with Gasteiger partial charge in [-0.25, -0.2) is 0 Å². The van der Waals surface area contributed by atoms with E-state index in [2.05, 4.69) is 174 Å². The van der Waals surface area contributed by atoms with Gasteiger partial charge in [0.05, 0.1) is 11.4 Å². The van der Waals surface area contributed by atoms with E-state index in [4.69, 9.17) is 0 Å². The first-order chi connectivity index (χ1) is 30.6. The van der Waals surface area contributed by atoms with Gasteiger partial charge < -0.3 is 9.80 Å². The molecule has 2 nitrogen and oxygen atoms in total. The van der Waals surface area contributed by atoms with Crippen molar-refractivity contribution in [2.75, 3.05) is 9.80 Å². The molecule has 7 aliphatic rings. The molecular weight excluding hydrogens is 769 g/mol. The highest BCUT2D eigenvalue weighted by molar-refractivity contribution is 7.25. The molecule has 0 radical (unpaired) electrons. The SMILES string of the molecule is c1ccc(N(c2ccc3c(c2)sc2ccccc23)c2cccc3c2C24c5c(cccc5N(c5ccccc5)c5ccccc5C56CC7CC(CC(C7)C5)C6)CC2CCC4C3)cc1. The van der Waals surface area contributed by atoms with E-state index in [1.165, 1.54) is 106 Å². The highest BCUT2D eigenvalue weighted by atomic mass is 32.1. The van der Waals surface area contributed by atoms with E-state index in [1.807, 2.05) is 11.3 Å². The molecule has 1 spiro atoms. The molecule has 4 bridgehead atoms. The Balaban J connectivity index is 0.997. The Labute approximate surface area is 369 Å². The van der Waals surface area contributed by atoms with Gasteiger partial charge in [0, 0.05) is 48.3 Å². The van der Waals surface area contributed by atoms with Crippen LogP contribution in [0.1, 0.15) is 79.2 Å². The molecule has 1 heterocycles. The van der Waals surface area contributed by atoms with Crippen LogP contribution >= 0.6 is 11.3 Å². The third-order valence-corrected chi connectivity index (χ3v) is 18.2. The van der Waals surface area contributed by atoms with Crippen molar-refractivity contribution in [1.82, 2.24) is 0 Å². The minimum Gasteiger partial charge on any atom is -0.310 e. The second-order valence-electron chi connectivity index (χ2n) is 20.2. The van der Waals surface area contributed by atoms with Gasteiger partial charge in [-0.2, -0.15) is 0 Å². The molecule has 0 N–H and O–H groups in total. The minimum absolute atomic E-state index is 0.0880. The lowest BCUT2D eigenvalue weighted by Gasteiger charge is -2.57. The fourth-order valence-corrected chi connectivity index (χ4v) is 16.6. The number of benzene rings is 7. The summed E-state index contributed by atoms with van der Waals surface area (Å²) in [5.41, 5.74) is 16.0. The lowest BCUT2D eigenvalue weighted by atomic mass is 9.48. The number of anilines is 6. The number of hydrogen-bond donors (Lipinski definition) is 0. The second-order valence-corrected chi connectivity index (χ2v) is 21.3. The van der Waals surface area contributed by atoms with Crippen molar-refractivity contribution in [3.8, 4) is 0 Å². The van der Waals surface area contributed by atoms with Gasteiger partial charge in [0.2, 0.25) is 0 Å². The standard InChI is InChI=1S/C59H52N2S/c1-3-15-45(16-4-1)60(47-27-28-49-48-19-7-10-24-54(48)62-55(49)34-47)52-22-11-13-41-32-43-25-26-44-33-42-14-12-23-53(57(42)59(43,44)56(41)52)61(46-17-5-2-6-18-46)51-21-9-8-20-50(51)58-35-38-29-39(36-58)31-40(30-38)37-58/h1-24,27-28,34,38-40,43-44H,25-26,29-33,35-37H2. The molecular formula is C59H52N2S. The summed E-state index contributed by atoms with van der Waals surface area (Å²) >= 11 is 1.92. The maximum absolute atomic E-state index is 2.75. The largest absolute Gasteiger partial charge is 0.310 e. The highest BCUT2D eigenvalue weighted by Gasteiger charge is 2.62.